The van der Waals surface area contributed by atoms with Crippen LogP contribution < -0.4 is 0 Å². The van der Waals surface area contributed by atoms with Gasteiger partial charge in [0.05, 0.1) is 15.5 Å². The molecule has 0 bridgehead atoms. The highest BCUT2D eigenvalue weighted by Gasteiger charge is 2.17. The lowest BCUT2D eigenvalue weighted by atomic mass is 10.2. The molecule has 21 heavy (non-hydrogen) atoms. The first-order valence-electron chi connectivity index (χ1n) is 5.96. The van der Waals surface area contributed by atoms with Crippen LogP contribution >= 0.6 is 27.5 Å². The van der Waals surface area contributed by atoms with Crippen molar-refractivity contribution in [2.24, 2.45) is 0 Å². The lowest BCUT2D eigenvalue weighted by molar-refractivity contribution is -0.384. The van der Waals surface area contributed by atoms with Crippen LogP contribution in [0.1, 0.15) is 5.56 Å². The molecule has 5 nitrogen and oxygen atoms in total. The maximum atomic E-state index is 10.9. The number of aryl methyl sites for hydroxylation is 1. The largest absolute Gasteiger partial charge is 0.436 e. The van der Waals surface area contributed by atoms with E-state index in [4.69, 9.17) is 16.0 Å². The molecular weight excluding hydrogens is 360 g/mol. The van der Waals surface area contributed by atoms with Gasteiger partial charge in [0.2, 0.25) is 5.89 Å². The molecule has 0 aliphatic rings. The van der Waals surface area contributed by atoms with Crippen molar-refractivity contribution >= 4 is 44.3 Å². The van der Waals surface area contributed by atoms with Crippen molar-refractivity contribution in [3.8, 4) is 11.5 Å². The van der Waals surface area contributed by atoms with Crippen LogP contribution in [0.5, 0.6) is 0 Å². The van der Waals surface area contributed by atoms with Gasteiger partial charge in [-0.3, -0.25) is 10.1 Å². The number of rotatable bonds is 2. The molecule has 1 aromatic heterocycles. The first-order valence-corrected chi connectivity index (χ1v) is 7.14. The smallest absolute Gasteiger partial charge is 0.272 e. The van der Waals surface area contributed by atoms with Crippen LogP contribution in [-0.4, -0.2) is 9.91 Å². The SMILES string of the molecule is Cc1cc([N+](=O)[O-])cc2nc(-c3cc(Br)ccc3Cl)oc12. The molecule has 1 heterocycles. The third-order valence-electron chi connectivity index (χ3n) is 3.03. The Balaban J connectivity index is 2.24. The number of nitro groups is 1. The lowest BCUT2D eigenvalue weighted by Crippen LogP contribution is -1.88. The molecular formula is C14H8BrClN2O3. The maximum Gasteiger partial charge on any atom is 0.272 e. The fraction of sp³-hybridized carbons (Fsp3) is 0.0714. The van der Waals surface area contributed by atoms with Gasteiger partial charge < -0.3 is 4.42 Å². The second kappa shape index (κ2) is 5.13. The molecule has 0 amide bonds. The maximum absolute atomic E-state index is 10.9. The summed E-state index contributed by atoms with van der Waals surface area (Å²) in [7, 11) is 0. The molecule has 0 unspecified atom stereocenters. The molecule has 0 saturated carbocycles. The molecule has 106 valence electrons. The number of halogens is 2. The zero-order chi connectivity index (χ0) is 15.1. The van der Waals surface area contributed by atoms with E-state index in [1.165, 1.54) is 12.1 Å². The quantitative estimate of drug-likeness (QED) is 0.465. The molecule has 2 aromatic carbocycles. The van der Waals surface area contributed by atoms with Gasteiger partial charge in [0.1, 0.15) is 5.52 Å². The Bertz CT molecular complexity index is 876. The van der Waals surface area contributed by atoms with Gasteiger partial charge in [0, 0.05) is 22.2 Å². The van der Waals surface area contributed by atoms with Crippen LogP contribution in [0.15, 0.2) is 39.2 Å². The molecule has 7 heteroatoms. The molecule has 0 aliphatic heterocycles. The topological polar surface area (TPSA) is 69.2 Å². The Labute approximate surface area is 132 Å². The number of fused-ring (bicyclic) bond motifs is 1. The Kier molecular flexibility index (Phi) is 3.43. The van der Waals surface area contributed by atoms with Crippen molar-refractivity contribution in [3.63, 3.8) is 0 Å². The highest BCUT2D eigenvalue weighted by molar-refractivity contribution is 9.10. The highest BCUT2D eigenvalue weighted by Crippen LogP contribution is 2.34. The Morgan fingerprint density at radius 2 is 2.10 bits per heavy atom. The van der Waals surface area contributed by atoms with Gasteiger partial charge in [-0.25, -0.2) is 4.98 Å². The number of oxazole rings is 1. The molecule has 0 atom stereocenters. The second-order valence-electron chi connectivity index (χ2n) is 4.51. The average molecular weight is 368 g/mol. The summed E-state index contributed by atoms with van der Waals surface area (Å²) in [6.07, 6.45) is 0. The van der Waals surface area contributed by atoms with E-state index in [9.17, 15) is 10.1 Å². The summed E-state index contributed by atoms with van der Waals surface area (Å²) >= 11 is 9.52. The van der Waals surface area contributed by atoms with Gasteiger partial charge >= 0.3 is 0 Å². The zero-order valence-corrected chi connectivity index (χ0v) is 13.1. The van der Waals surface area contributed by atoms with Crippen molar-refractivity contribution < 1.29 is 9.34 Å². The summed E-state index contributed by atoms with van der Waals surface area (Å²) in [6.45, 7) is 1.74. The molecule has 3 rings (SSSR count). The Morgan fingerprint density at radius 1 is 1.33 bits per heavy atom. The van der Waals surface area contributed by atoms with E-state index in [0.29, 0.717) is 33.1 Å². The van der Waals surface area contributed by atoms with E-state index >= 15 is 0 Å². The van der Waals surface area contributed by atoms with E-state index in [-0.39, 0.29) is 5.69 Å². The van der Waals surface area contributed by atoms with Gasteiger partial charge in [-0.1, -0.05) is 27.5 Å². The van der Waals surface area contributed by atoms with Crippen molar-refractivity contribution in [2.75, 3.05) is 0 Å². The van der Waals surface area contributed by atoms with Crippen LogP contribution in [0.2, 0.25) is 5.02 Å². The third kappa shape index (κ3) is 2.52. The zero-order valence-electron chi connectivity index (χ0n) is 10.8. The number of aromatic nitrogens is 1. The van der Waals surface area contributed by atoms with E-state index in [1.807, 2.05) is 6.07 Å². The molecule has 0 aliphatic carbocycles. The van der Waals surface area contributed by atoms with Gasteiger partial charge in [0.15, 0.2) is 5.58 Å². The van der Waals surface area contributed by atoms with E-state index in [2.05, 4.69) is 20.9 Å². The first kappa shape index (κ1) is 14.0. The normalized spacial score (nSPS) is 11.0. The van der Waals surface area contributed by atoms with Gasteiger partial charge in [0.25, 0.3) is 5.69 Å². The Morgan fingerprint density at radius 3 is 2.81 bits per heavy atom. The number of benzene rings is 2. The van der Waals surface area contributed by atoms with Crippen LogP contribution in [0.25, 0.3) is 22.6 Å². The van der Waals surface area contributed by atoms with Crippen molar-refractivity contribution in [3.05, 3.63) is 55.5 Å². The monoisotopic (exact) mass is 366 g/mol. The van der Waals surface area contributed by atoms with Gasteiger partial charge in [-0.15, -0.1) is 0 Å². The molecule has 0 spiro atoms. The van der Waals surface area contributed by atoms with Crippen LogP contribution in [0.4, 0.5) is 5.69 Å². The minimum atomic E-state index is -0.452. The predicted molar refractivity (Wildman–Crippen MR) is 83.5 cm³/mol. The van der Waals surface area contributed by atoms with Crippen molar-refractivity contribution in [1.29, 1.82) is 0 Å². The number of hydrogen-bond acceptors (Lipinski definition) is 4. The summed E-state index contributed by atoms with van der Waals surface area (Å²) in [5.41, 5.74) is 2.23. The Hall–Kier alpha value is -1.92. The van der Waals surface area contributed by atoms with Crippen LogP contribution in [0, 0.1) is 17.0 Å². The fourth-order valence-electron chi connectivity index (χ4n) is 2.06. The third-order valence-corrected chi connectivity index (χ3v) is 3.85. The standard InChI is InChI=1S/C14H8BrClN2O3/c1-7-4-9(18(19)20)6-12-13(7)21-14(17-12)10-5-8(15)2-3-11(10)16/h2-6H,1H3. The van der Waals surface area contributed by atoms with E-state index < -0.39 is 4.92 Å². The molecule has 0 fully saturated rings. The molecule has 0 N–H and O–H groups in total. The lowest BCUT2D eigenvalue weighted by Gasteiger charge is -1.99. The van der Waals surface area contributed by atoms with Crippen LogP contribution in [-0.2, 0) is 0 Å². The van der Waals surface area contributed by atoms with E-state index in [0.717, 1.165) is 4.47 Å². The fourth-order valence-corrected chi connectivity index (χ4v) is 2.62. The van der Waals surface area contributed by atoms with E-state index in [1.54, 1.807) is 19.1 Å². The molecule has 0 radical (unpaired) electrons. The first-order chi connectivity index (χ1) is 9.95. The van der Waals surface area contributed by atoms with Crippen molar-refractivity contribution in [1.82, 2.24) is 4.98 Å². The minimum Gasteiger partial charge on any atom is -0.436 e. The highest BCUT2D eigenvalue weighted by atomic mass is 79.9. The second-order valence-corrected chi connectivity index (χ2v) is 5.83. The summed E-state index contributed by atoms with van der Waals surface area (Å²) < 4.78 is 6.56. The number of nitro benzene ring substituents is 1. The van der Waals surface area contributed by atoms with Crippen LogP contribution in [0.3, 0.4) is 0 Å². The summed E-state index contributed by atoms with van der Waals surface area (Å²) in [4.78, 5) is 14.8. The average Bonchev–Trinajstić information content (AvgIpc) is 2.85. The summed E-state index contributed by atoms with van der Waals surface area (Å²) in [5.74, 6) is 0.333. The number of nitrogens with zero attached hydrogens (tertiary/aromatic N) is 2. The van der Waals surface area contributed by atoms with Gasteiger partial charge in [-0.05, 0) is 25.1 Å². The molecule has 3 aromatic rings. The predicted octanol–water partition coefficient (Wildman–Crippen LogP) is 5.13. The minimum absolute atomic E-state index is 0.0137. The molecule has 0 saturated heterocycles. The van der Waals surface area contributed by atoms with Crippen molar-refractivity contribution in [2.45, 2.75) is 6.92 Å². The number of hydrogen-bond donors (Lipinski definition) is 0. The summed E-state index contributed by atoms with van der Waals surface area (Å²) in [6, 6.07) is 8.17. The number of non-ortho nitro benzene ring substituents is 1. The van der Waals surface area contributed by atoms with Gasteiger partial charge in [-0.2, -0.15) is 0 Å². The summed E-state index contributed by atoms with van der Waals surface area (Å²) in [5, 5.41) is 11.4.